The number of carbonyl (C=O) groups is 1. The van der Waals surface area contributed by atoms with Crippen molar-refractivity contribution in [2.45, 2.75) is 18.9 Å². The molecule has 3 heterocycles. The van der Waals surface area contributed by atoms with E-state index in [0.29, 0.717) is 22.5 Å². The van der Waals surface area contributed by atoms with Crippen molar-refractivity contribution in [3.05, 3.63) is 28.8 Å². The molecular formula is C12H15ClN6O. The van der Waals surface area contributed by atoms with Crippen LogP contribution in [0.25, 0.3) is 0 Å². The smallest absolute Gasteiger partial charge is 0.234 e. The molecule has 8 heteroatoms. The highest BCUT2D eigenvalue weighted by molar-refractivity contribution is 6.34. The zero-order chi connectivity index (χ0) is 14.1. The van der Waals surface area contributed by atoms with Crippen LogP contribution in [0.4, 0.5) is 0 Å². The highest BCUT2D eigenvalue weighted by Crippen LogP contribution is 2.20. The number of hydrogen-bond acceptors (Lipinski definition) is 5. The van der Waals surface area contributed by atoms with E-state index < -0.39 is 0 Å². The topological polar surface area (TPSA) is 77.6 Å². The molecule has 2 aromatic rings. The van der Waals surface area contributed by atoms with E-state index >= 15 is 0 Å². The SMILES string of the molecule is Cn1ncc(Cl)c1C(=O)c1cn(C2CCNCC2)nn1. The first-order chi connectivity index (χ1) is 9.66. The van der Waals surface area contributed by atoms with Gasteiger partial charge in [-0.3, -0.25) is 9.48 Å². The lowest BCUT2D eigenvalue weighted by atomic mass is 10.1. The summed E-state index contributed by atoms with van der Waals surface area (Å²) in [5, 5.41) is 15.6. The Morgan fingerprint density at radius 3 is 2.85 bits per heavy atom. The molecule has 7 nitrogen and oxygen atoms in total. The second kappa shape index (κ2) is 5.34. The predicted molar refractivity (Wildman–Crippen MR) is 72.8 cm³/mol. The van der Waals surface area contributed by atoms with Crippen molar-refractivity contribution < 1.29 is 4.79 Å². The number of aryl methyl sites for hydroxylation is 1. The first kappa shape index (κ1) is 13.3. The predicted octanol–water partition coefficient (Wildman–Crippen LogP) is 0.820. The lowest BCUT2D eigenvalue weighted by Crippen LogP contribution is -2.29. The maximum Gasteiger partial charge on any atom is 0.234 e. The van der Waals surface area contributed by atoms with Crippen LogP contribution >= 0.6 is 11.6 Å². The van der Waals surface area contributed by atoms with Crippen LogP contribution in [0.15, 0.2) is 12.4 Å². The van der Waals surface area contributed by atoms with Gasteiger partial charge in [0.1, 0.15) is 5.69 Å². The van der Waals surface area contributed by atoms with E-state index in [0.717, 1.165) is 25.9 Å². The van der Waals surface area contributed by atoms with Gasteiger partial charge in [-0.25, -0.2) is 4.68 Å². The molecule has 0 atom stereocenters. The summed E-state index contributed by atoms with van der Waals surface area (Å²) in [7, 11) is 1.68. The van der Waals surface area contributed by atoms with E-state index in [1.165, 1.54) is 10.9 Å². The molecule has 1 fully saturated rings. The van der Waals surface area contributed by atoms with Crippen molar-refractivity contribution in [1.29, 1.82) is 0 Å². The van der Waals surface area contributed by atoms with Gasteiger partial charge in [-0.05, 0) is 25.9 Å². The van der Waals surface area contributed by atoms with Crippen molar-refractivity contribution in [1.82, 2.24) is 30.1 Å². The van der Waals surface area contributed by atoms with E-state index in [4.69, 9.17) is 11.6 Å². The number of ketones is 1. The summed E-state index contributed by atoms with van der Waals surface area (Å²) in [6.07, 6.45) is 5.13. The monoisotopic (exact) mass is 294 g/mol. The maximum absolute atomic E-state index is 12.4. The molecule has 1 N–H and O–H groups in total. The Morgan fingerprint density at radius 2 is 2.20 bits per heavy atom. The number of aromatic nitrogens is 5. The second-order valence-electron chi connectivity index (χ2n) is 4.86. The molecular weight excluding hydrogens is 280 g/mol. The average molecular weight is 295 g/mol. The van der Waals surface area contributed by atoms with E-state index in [9.17, 15) is 4.79 Å². The Balaban J connectivity index is 1.84. The summed E-state index contributed by atoms with van der Waals surface area (Å²) in [4.78, 5) is 12.4. The number of carbonyl (C=O) groups excluding carboxylic acids is 1. The third-order valence-corrected chi connectivity index (χ3v) is 3.81. The Bertz CT molecular complexity index is 608. The zero-order valence-electron chi connectivity index (χ0n) is 11.1. The number of nitrogens with zero attached hydrogens (tertiary/aromatic N) is 5. The second-order valence-corrected chi connectivity index (χ2v) is 5.27. The molecule has 1 aliphatic heterocycles. The minimum atomic E-state index is -0.254. The summed E-state index contributed by atoms with van der Waals surface area (Å²) in [5.41, 5.74) is 0.637. The molecule has 3 rings (SSSR count). The van der Waals surface area contributed by atoms with E-state index in [2.05, 4.69) is 20.7 Å². The van der Waals surface area contributed by atoms with Gasteiger partial charge in [0, 0.05) is 7.05 Å². The standard InChI is InChI=1S/C12H15ClN6O/c1-18-11(9(13)6-15-18)12(20)10-7-19(17-16-10)8-2-4-14-5-3-8/h6-8,14H,2-5H2,1H3. The van der Waals surface area contributed by atoms with Crippen LogP contribution < -0.4 is 5.32 Å². The molecule has 0 bridgehead atoms. The Labute approximate surface area is 120 Å². The maximum atomic E-state index is 12.4. The fourth-order valence-corrected chi connectivity index (χ4v) is 2.67. The summed E-state index contributed by atoms with van der Waals surface area (Å²) < 4.78 is 3.23. The summed E-state index contributed by atoms with van der Waals surface area (Å²) in [5.74, 6) is -0.254. The molecule has 0 radical (unpaired) electrons. The van der Waals surface area contributed by atoms with E-state index in [-0.39, 0.29) is 5.78 Å². The Kier molecular flexibility index (Phi) is 3.54. The van der Waals surface area contributed by atoms with Crippen molar-refractivity contribution in [2.75, 3.05) is 13.1 Å². The normalized spacial score (nSPS) is 16.5. The van der Waals surface area contributed by atoms with Gasteiger partial charge in [0.25, 0.3) is 0 Å². The van der Waals surface area contributed by atoms with Crippen molar-refractivity contribution in [3.8, 4) is 0 Å². The molecule has 2 aromatic heterocycles. The van der Waals surface area contributed by atoms with E-state index in [1.54, 1.807) is 17.9 Å². The zero-order valence-corrected chi connectivity index (χ0v) is 11.8. The largest absolute Gasteiger partial charge is 0.317 e. The van der Waals surface area contributed by atoms with Crippen LogP contribution in [-0.2, 0) is 7.05 Å². The molecule has 0 saturated carbocycles. The van der Waals surface area contributed by atoms with Gasteiger partial charge < -0.3 is 5.32 Å². The number of nitrogens with one attached hydrogen (secondary N) is 1. The third kappa shape index (κ3) is 2.34. The highest BCUT2D eigenvalue weighted by Gasteiger charge is 2.23. The van der Waals surface area contributed by atoms with Crippen molar-refractivity contribution in [3.63, 3.8) is 0 Å². The van der Waals surface area contributed by atoms with Gasteiger partial charge in [0.15, 0.2) is 5.69 Å². The molecule has 0 aliphatic carbocycles. The minimum Gasteiger partial charge on any atom is -0.317 e. The molecule has 0 spiro atoms. The van der Waals surface area contributed by atoms with Gasteiger partial charge >= 0.3 is 0 Å². The number of hydrogen-bond donors (Lipinski definition) is 1. The third-order valence-electron chi connectivity index (χ3n) is 3.53. The first-order valence-electron chi connectivity index (χ1n) is 6.51. The lowest BCUT2D eigenvalue weighted by Gasteiger charge is -2.22. The summed E-state index contributed by atoms with van der Waals surface area (Å²) >= 11 is 5.98. The molecule has 1 saturated heterocycles. The molecule has 1 aliphatic rings. The van der Waals surface area contributed by atoms with Gasteiger partial charge in [-0.1, -0.05) is 16.8 Å². The van der Waals surface area contributed by atoms with Gasteiger partial charge in [0.2, 0.25) is 5.78 Å². The number of rotatable bonds is 3. The highest BCUT2D eigenvalue weighted by atomic mass is 35.5. The van der Waals surface area contributed by atoms with Gasteiger partial charge in [0.05, 0.1) is 23.5 Å². The fourth-order valence-electron chi connectivity index (χ4n) is 2.42. The average Bonchev–Trinajstić information content (AvgIpc) is 3.07. The molecule has 20 heavy (non-hydrogen) atoms. The quantitative estimate of drug-likeness (QED) is 0.848. The van der Waals surface area contributed by atoms with Crippen LogP contribution in [0.3, 0.4) is 0 Å². The lowest BCUT2D eigenvalue weighted by molar-refractivity contribution is 0.102. The Morgan fingerprint density at radius 1 is 1.45 bits per heavy atom. The van der Waals surface area contributed by atoms with Crippen LogP contribution in [0.1, 0.15) is 35.1 Å². The number of halogens is 1. The fraction of sp³-hybridized carbons (Fsp3) is 0.500. The van der Waals surface area contributed by atoms with Crippen LogP contribution in [0, 0.1) is 0 Å². The van der Waals surface area contributed by atoms with E-state index in [1.807, 2.05) is 0 Å². The first-order valence-corrected chi connectivity index (χ1v) is 6.89. The van der Waals surface area contributed by atoms with Gasteiger partial charge in [-0.15, -0.1) is 5.10 Å². The summed E-state index contributed by atoms with van der Waals surface area (Å²) in [6, 6.07) is 0.298. The van der Waals surface area contributed by atoms with Gasteiger partial charge in [-0.2, -0.15) is 5.10 Å². The van der Waals surface area contributed by atoms with Crippen LogP contribution in [-0.4, -0.2) is 43.6 Å². The van der Waals surface area contributed by atoms with Crippen molar-refractivity contribution >= 4 is 17.4 Å². The van der Waals surface area contributed by atoms with Crippen LogP contribution in [0.2, 0.25) is 5.02 Å². The Hall–Kier alpha value is -1.73. The number of piperidine rings is 1. The molecule has 0 amide bonds. The molecule has 0 unspecified atom stereocenters. The minimum absolute atomic E-state index is 0.254. The van der Waals surface area contributed by atoms with Crippen molar-refractivity contribution in [2.24, 2.45) is 7.05 Å². The molecule has 0 aromatic carbocycles. The van der Waals surface area contributed by atoms with Crippen LogP contribution in [0.5, 0.6) is 0 Å². The summed E-state index contributed by atoms with van der Waals surface area (Å²) in [6.45, 7) is 1.92. The molecule has 106 valence electrons.